The summed E-state index contributed by atoms with van der Waals surface area (Å²) in [5, 5.41) is 11.1. The lowest BCUT2D eigenvalue weighted by molar-refractivity contribution is -0.218. The van der Waals surface area contributed by atoms with Gasteiger partial charge < -0.3 is 14.6 Å². The first kappa shape index (κ1) is 21.8. The van der Waals surface area contributed by atoms with Crippen molar-refractivity contribution in [3.63, 3.8) is 0 Å². The zero-order valence-corrected chi connectivity index (χ0v) is 16.6. The van der Waals surface area contributed by atoms with Crippen LogP contribution >= 0.6 is 0 Å². The van der Waals surface area contributed by atoms with Crippen molar-refractivity contribution in [3.8, 4) is 0 Å². The van der Waals surface area contributed by atoms with Gasteiger partial charge in [-0.1, -0.05) is 30.3 Å². The Labute approximate surface area is 152 Å². The van der Waals surface area contributed by atoms with E-state index in [0.29, 0.717) is 6.61 Å². The zero-order valence-electron chi connectivity index (χ0n) is 16.6. The molecular formula is C20H33NO4. The molecule has 0 bridgehead atoms. The normalized spacial score (nSPS) is 14.4. The first-order valence-electron chi connectivity index (χ1n) is 8.51. The Morgan fingerprint density at radius 1 is 1.08 bits per heavy atom. The minimum absolute atomic E-state index is 0.275. The van der Waals surface area contributed by atoms with Crippen molar-refractivity contribution in [2.24, 2.45) is 0 Å². The van der Waals surface area contributed by atoms with Crippen LogP contribution in [0.25, 0.3) is 6.08 Å². The fourth-order valence-corrected chi connectivity index (χ4v) is 2.16. The summed E-state index contributed by atoms with van der Waals surface area (Å²) in [6, 6.07) is 8.18. The summed E-state index contributed by atoms with van der Waals surface area (Å²) in [5.74, 6) is 0. The van der Waals surface area contributed by atoms with Gasteiger partial charge in [0.1, 0.15) is 0 Å². The average molecular weight is 351 g/mol. The van der Waals surface area contributed by atoms with E-state index < -0.39 is 6.29 Å². The molecule has 0 saturated heterocycles. The van der Waals surface area contributed by atoms with Gasteiger partial charge in [0.05, 0.1) is 17.8 Å². The molecule has 0 spiro atoms. The molecule has 1 unspecified atom stereocenters. The summed E-state index contributed by atoms with van der Waals surface area (Å²) in [4.78, 5) is 5.10. The first-order chi connectivity index (χ1) is 11.5. The minimum atomic E-state index is -0.953. The molecule has 0 amide bonds. The molecule has 5 heteroatoms. The average Bonchev–Trinajstić information content (AvgIpc) is 2.52. The monoisotopic (exact) mass is 351 g/mol. The van der Waals surface area contributed by atoms with Gasteiger partial charge in [0.25, 0.3) is 0 Å². The van der Waals surface area contributed by atoms with Gasteiger partial charge in [0, 0.05) is 27.6 Å². The van der Waals surface area contributed by atoms with Crippen LogP contribution in [-0.2, 0) is 20.7 Å². The van der Waals surface area contributed by atoms with Gasteiger partial charge in [-0.2, -0.15) is 5.06 Å². The van der Waals surface area contributed by atoms with E-state index in [0.717, 1.165) is 12.0 Å². The topological polar surface area (TPSA) is 51.2 Å². The van der Waals surface area contributed by atoms with E-state index in [4.69, 9.17) is 14.3 Å². The molecule has 0 fully saturated rings. The molecule has 5 nitrogen and oxygen atoms in total. The molecule has 0 saturated carbocycles. The summed E-state index contributed by atoms with van der Waals surface area (Å²) in [6.45, 7) is 8.74. The predicted octanol–water partition coefficient (Wildman–Crippen LogP) is 3.27. The lowest BCUT2D eigenvalue weighted by atomic mass is 9.97. The summed E-state index contributed by atoms with van der Waals surface area (Å²) in [7, 11) is 5.15. The maximum atomic E-state index is 9.66. The first-order valence-corrected chi connectivity index (χ1v) is 8.51. The summed E-state index contributed by atoms with van der Waals surface area (Å²) >= 11 is 0. The second kappa shape index (κ2) is 9.46. The van der Waals surface area contributed by atoms with E-state index in [1.807, 2.05) is 32.1 Å². The molecule has 0 aliphatic carbocycles. The van der Waals surface area contributed by atoms with E-state index in [1.165, 1.54) is 10.6 Å². The lowest BCUT2D eigenvalue weighted by Gasteiger charge is -2.31. The van der Waals surface area contributed by atoms with Crippen LogP contribution in [0, 0.1) is 0 Å². The van der Waals surface area contributed by atoms with Crippen LogP contribution in [0.5, 0.6) is 0 Å². The molecule has 1 atom stereocenters. The highest BCUT2D eigenvalue weighted by Gasteiger charge is 2.24. The van der Waals surface area contributed by atoms with E-state index in [2.05, 4.69) is 26.0 Å². The number of benzene rings is 1. The van der Waals surface area contributed by atoms with Crippen molar-refractivity contribution in [2.45, 2.75) is 51.6 Å². The number of hydroxylamine groups is 2. The molecule has 142 valence electrons. The van der Waals surface area contributed by atoms with Crippen LogP contribution in [-0.4, -0.2) is 55.5 Å². The summed E-state index contributed by atoms with van der Waals surface area (Å²) in [6.07, 6.45) is 3.30. The van der Waals surface area contributed by atoms with E-state index in [1.54, 1.807) is 27.3 Å². The van der Waals surface area contributed by atoms with Gasteiger partial charge in [-0.3, -0.25) is 4.84 Å². The standard InChI is InChI=1S/C20H33NO4/c1-19(2,24-15-20(3,4)23-7)14-17-10-8-16(9-11-17)12-13-18(22)25-21(5)6/h8-13,18,22H,14-15H2,1-7H3/b13-12+. The molecule has 1 N–H and O–H groups in total. The number of aliphatic hydroxyl groups is 1. The van der Waals surface area contributed by atoms with Crippen LogP contribution in [0.4, 0.5) is 0 Å². The van der Waals surface area contributed by atoms with Gasteiger partial charge in [-0.15, -0.1) is 0 Å². The van der Waals surface area contributed by atoms with Crippen LogP contribution in [0.2, 0.25) is 0 Å². The lowest BCUT2D eigenvalue weighted by Crippen LogP contribution is -2.37. The fourth-order valence-electron chi connectivity index (χ4n) is 2.16. The second-order valence-corrected chi connectivity index (χ2v) is 7.60. The van der Waals surface area contributed by atoms with Crippen LogP contribution < -0.4 is 0 Å². The maximum absolute atomic E-state index is 9.66. The van der Waals surface area contributed by atoms with Crippen molar-refractivity contribution in [3.05, 3.63) is 41.5 Å². The number of hydrogen-bond acceptors (Lipinski definition) is 5. The van der Waals surface area contributed by atoms with Gasteiger partial charge in [-0.05, 0) is 44.9 Å². The SMILES string of the molecule is COC(C)(C)COC(C)(C)Cc1ccc(/C=C/C(O)ON(C)C)cc1. The molecule has 1 aromatic carbocycles. The fraction of sp³-hybridized carbons (Fsp3) is 0.600. The molecule has 0 heterocycles. The second-order valence-electron chi connectivity index (χ2n) is 7.60. The van der Waals surface area contributed by atoms with E-state index in [9.17, 15) is 5.11 Å². The van der Waals surface area contributed by atoms with Crippen molar-refractivity contribution < 1.29 is 19.4 Å². The number of nitrogens with zero attached hydrogens (tertiary/aromatic N) is 1. The van der Waals surface area contributed by atoms with Crippen molar-refractivity contribution in [1.82, 2.24) is 5.06 Å². The van der Waals surface area contributed by atoms with E-state index in [-0.39, 0.29) is 11.2 Å². The Hall–Kier alpha value is -1.24. The Morgan fingerprint density at radius 3 is 2.20 bits per heavy atom. The van der Waals surface area contributed by atoms with Crippen LogP contribution in [0.3, 0.4) is 0 Å². The third-order valence-electron chi connectivity index (χ3n) is 3.74. The van der Waals surface area contributed by atoms with Gasteiger partial charge in [-0.25, -0.2) is 0 Å². The molecule has 0 aromatic heterocycles. The summed E-state index contributed by atoms with van der Waals surface area (Å²) in [5.41, 5.74) is 1.64. The largest absolute Gasteiger partial charge is 0.376 e. The Balaban J connectivity index is 2.59. The zero-order chi connectivity index (χ0) is 19.1. The third kappa shape index (κ3) is 9.14. The number of aliphatic hydroxyl groups excluding tert-OH is 1. The molecule has 1 aromatic rings. The Bertz CT molecular complexity index is 535. The molecule has 0 aliphatic heterocycles. The van der Waals surface area contributed by atoms with Crippen LogP contribution in [0.15, 0.2) is 30.3 Å². The van der Waals surface area contributed by atoms with Gasteiger partial charge in [0.2, 0.25) is 0 Å². The van der Waals surface area contributed by atoms with Gasteiger partial charge in [0.15, 0.2) is 6.29 Å². The third-order valence-corrected chi connectivity index (χ3v) is 3.74. The predicted molar refractivity (Wildman–Crippen MR) is 101 cm³/mol. The molecular weight excluding hydrogens is 318 g/mol. The highest BCUT2D eigenvalue weighted by atomic mass is 16.7. The van der Waals surface area contributed by atoms with Crippen molar-refractivity contribution >= 4 is 6.08 Å². The Morgan fingerprint density at radius 2 is 1.68 bits per heavy atom. The Kier molecular flexibility index (Phi) is 8.25. The molecule has 0 aliphatic rings. The maximum Gasteiger partial charge on any atom is 0.194 e. The number of methoxy groups -OCH3 is 1. The summed E-state index contributed by atoms with van der Waals surface area (Å²) < 4.78 is 11.4. The molecule has 1 rings (SSSR count). The van der Waals surface area contributed by atoms with Crippen molar-refractivity contribution in [1.29, 1.82) is 0 Å². The molecule has 25 heavy (non-hydrogen) atoms. The number of ether oxygens (including phenoxy) is 2. The smallest absolute Gasteiger partial charge is 0.194 e. The number of rotatable bonds is 10. The quantitative estimate of drug-likeness (QED) is 0.518. The highest BCUT2D eigenvalue weighted by molar-refractivity contribution is 5.50. The highest BCUT2D eigenvalue weighted by Crippen LogP contribution is 2.21. The van der Waals surface area contributed by atoms with E-state index >= 15 is 0 Å². The minimum Gasteiger partial charge on any atom is -0.376 e. The molecule has 0 radical (unpaired) electrons. The number of hydrogen-bond donors (Lipinski definition) is 1. The van der Waals surface area contributed by atoms with Gasteiger partial charge >= 0.3 is 0 Å². The van der Waals surface area contributed by atoms with Crippen LogP contribution in [0.1, 0.15) is 38.8 Å². The van der Waals surface area contributed by atoms with Crippen molar-refractivity contribution in [2.75, 3.05) is 27.8 Å².